The van der Waals surface area contributed by atoms with Gasteiger partial charge in [-0.15, -0.1) is 0 Å². The van der Waals surface area contributed by atoms with E-state index in [4.69, 9.17) is 4.42 Å². The standard InChI is InChI=1S/C13H12FNO2/c1-9(16)12-7-8-13(17-12)15(2)11-6-4-3-5-10(11)14/h3-8H,1-2H3. The Balaban J connectivity index is 2.34. The lowest BCUT2D eigenvalue weighted by Gasteiger charge is -2.16. The number of carbonyl (C=O) groups is 1. The minimum Gasteiger partial charge on any atom is -0.437 e. The molecule has 0 saturated heterocycles. The first-order valence-electron chi connectivity index (χ1n) is 5.18. The van der Waals surface area contributed by atoms with Gasteiger partial charge in [-0.1, -0.05) is 12.1 Å². The Hall–Kier alpha value is -2.10. The molecule has 1 aromatic carbocycles. The molecule has 88 valence electrons. The fraction of sp³-hybridized carbons (Fsp3) is 0.154. The van der Waals surface area contributed by atoms with Crippen LogP contribution in [-0.2, 0) is 0 Å². The van der Waals surface area contributed by atoms with Gasteiger partial charge in [0.15, 0.2) is 11.5 Å². The zero-order chi connectivity index (χ0) is 12.4. The number of nitrogens with zero attached hydrogens (tertiary/aromatic N) is 1. The summed E-state index contributed by atoms with van der Waals surface area (Å²) < 4.78 is 18.9. The van der Waals surface area contributed by atoms with Crippen molar-refractivity contribution in [3.63, 3.8) is 0 Å². The molecule has 0 saturated carbocycles. The molecule has 0 radical (unpaired) electrons. The summed E-state index contributed by atoms with van der Waals surface area (Å²) in [7, 11) is 1.68. The number of anilines is 2. The Morgan fingerprint density at radius 3 is 2.53 bits per heavy atom. The number of Topliss-reactive ketones (excluding diaryl/α,β-unsaturated/α-hetero) is 1. The summed E-state index contributed by atoms with van der Waals surface area (Å²) in [6.45, 7) is 1.42. The highest BCUT2D eigenvalue weighted by atomic mass is 19.1. The van der Waals surface area contributed by atoms with E-state index in [2.05, 4.69) is 0 Å². The first-order valence-corrected chi connectivity index (χ1v) is 5.18. The van der Waals surface area contributed by atoms with Gasteiger partial charge in [0.05, 0.1) is 5.69 Å². The van der Waals surface area contributed by atoms with E-state index in [9.17, 15) is 9.18 Å². The van der Waals surface area contributed by atoms with Crippen LogP contribution < -0.4 is 4.90 Å². The van der Waals surface area contributed by atoms with Crippen molar-refractivity contribution < 1.29 is 13.6 Å². The average Bonchev–Trinajstić information content (AvgIpc) is 2.78. The Morgan fingerprint density at radius 2 is 1.94 bits per heavy atom. The van der Waals surface area contributed by atoms with Gasteiger partial charge < -0.3 is 9.32 Å². The largest absolute Gasteiger partial charge is 0.437 e. The number of hydrogen-bond donors (Lipinski definition) is 0. The van der Waals surface area contributed by atoms with E-state index in [1.807, 2.05) is 0 Å². The minimum atomic E-state index is -0.337. The molecule has 0 atom stereocenters. The van der Waals surface area contributed by atoms with Crippen LogP contribution in [0.2, 0.25) is 0 Å². The summed E-state index contributed by atoms with van der Waals surface area (Å²) in [4.78, 5) is 12.7. The van der Waals surface area contributed by atoms with Crippen LogP contribution in [0.3, 0.4) is 0 Å². The third kappa shape index (κ3) is 2.20. The van der Waals surface area contributed by atoms with Crippen LogP contribution >= 0.6 is 0 Å². The molecule has 0 unspecified atom stereocenters. The SMILES string of the molecule is CC(=O)c1ccc(N(C)c2ccccc2F)o1. The quantitative estimate of drug-likeness (QED) is 0.762. The normalized spacial score (nSPS) is 10.3. The summed E-state index contributed by atoms with van der Waals surface area (Å²) in [6.07, 6.45) is 0. The second-order valence-corrected chi connectivity index (χ2v) is 3.70. The van der Waals surface area contributed by atoms with Crippen LogP contribution in [0.5, 0.6) is 0 Å². The first kappa shape index (κ1) is 11.4. The zero-order valence-corrected chi connectivity index (χ0v) is 9.61. The van der Waals surface area contributed by atoms with Crippen molar-refractivity contribution in [3.05, 3.63) is 48.0 Å². The van der Waals surface area contributed by atoms with Gasteiger partial charge >= 0.3 is 0 Å². The Bertz CT molecular complexity index is 548. The number of rotatable bonds is 3. The van der Waals surface area contributed by atoms with Gasteiger partial charge in [0, 0.05) is 20.0 Å². The van der Waals surface area contributed by atoms with Gasteiger partial charge in [0.1, 0.15) is 5.82 Å². The number of para-hydroxylation sites is 1. The summed E-state index contributed by atoms with van der Waals surface area (Å²) >= 11 is 0. The zero-order valence-electron chi connectivity index (χ0n) is 9.61. The maximum Gasteiger partial charge on any atom is 0.200 e. The molecule has 0 N–H and O–H groups in total. The van der Waals surface area contributed by atoms with Crippen LogP contribution in [0.15, 0.2) is 40.8 Å². The highest BCUT2D eigenvalue weighted by Crippen LogP contribution is 2.27. The Morgan fingerprint density at radius 1 is 1.24 bits per heavy atom. The van der Waals surface area contributed by atoms with Gasteiger partial charge in [0.2, 0.25) is 5.88 Å². The van der Waals surface area contributed by atoms with E-state index in [-0.39, 0.29) is 17.4 Å². The van der Waals surface area contributed by atoms with Crippen LogP contribution in [0.4, 0.5) is 16.0 Å². The lowest BCUT2D eigenvalue weighted by atomic mass is 10.3. The van der Waals surface area contributed by atoms with Gasteiger partial charge in [-0.2, -0.15) is 0 Å². The second-order valence-electron chi connectivity index (χ2n) is 3.70. The lowest BCUT2D eigenvalue weighted by Crippen LogP contribution is -2.10. The molecule has 2 rings (SSSR count). The Kier molecular flexibility index (Phi) is 2.95. The smallest absolute Gasteiger partial charge is 0.200 e. The molecule has 0 bridgehead atoms. The number of halogens is 1. The third-order valence-corrected chi connectivity index (χ3v) is 2.48. The van der Waals surface area contributed by atoms with E-state index in [1.165, 1.54) is 13.0 Å². The van der Waals surface area contributed by atoms with Crippen LogP contribution in [0, 0.1) is 5.82 Å². The van der Waals surface area contributed by atoms with E-state index >= 15 is 0 Å². The summed E-state index contributed by atoms with van der Waals surface area (Å²) in [5, 5.41) is 0. The van der Waals surface area contributed by atoms with Gasteiger partial charge in [-0.25, -0.2) is 4.39 Å². The van der Waals surface area contributed by atoms with Crippen LogP contribution in [0.1, 0.15) is 17.5 Å². The number of ketones is 1. The van der Waals surface area contributed by atoms with E-state index in [1.54, 1.807) is 42.3 Å². The molecule has 4 heteroatoms. The fourth-order valence-electron chi connectivity index (χ4n) is 1.54. The molecule has 2 aromatic rings. The highest BCUT2D eigenvalue weighted by Gasteiger charge is 2.13. The molecule has 17 heavy (non-hydrogen) atoms. The van der Waals surface area contributed by atoms with Crippen molar-refractivity contribution >= 4 is 17.4 Å². The van der Waals surface area contributed by atoms with Gasteiger partial charge in [-0.3, -0.25) is 4.79 Å². The number of benzene rings is 1. The second kappa shape index (κ2) is 4.41. The third-order valence-electron chi connectivity index (χ3n) is 2.48. The number of carbonyl (C=O) groups excluding carboxylic acids is 1. The monoisotopic (exact) mass is 233 g/mol. The van der Waals surface area contributed by atoms with Crippen molar-refractivity contribution in [1.82, 2.24) is 0 Å². The van der Waals surface area contributed by atoms with Crippen molar-refractivity contribution in [2.75, 3.05) is 11.9 Å². The fourth-order valence-corrected chi connectivity index (χ4v) is 1.54. The molecular formula is C13H12FNO2. The van der Waals surface area contributed by atoms with Crippen molar-refractivity contribution in [1.29, 1.82) is 0 Å². The molecule has 0 aliphatic rings. The van der Waals surface area contributed by atoms with Crippen LogP contribution in [0.25, 0.3) is 0 Å². The summed E-state index contributed by atoms with van der Waals surface area (Å²) in [5.41, 5.74) is 0.400. The predicted octanol–water partition coefficient (Wildman–Crippen LogP) is 3.39. The lowest BCUT2D eigenvalue weighted by molar-refractivity contribution is 0.0988. The summed E-state index contributed by atoms with van der Waals surface area (Å²) in [6, 6.07) is 9.60. The van der Waals surface area contributed by atoms with Gasteiger partial charge in [-0.05, 0) is 18.2 Å². The topological polar surface area (TPSA) is 33.5 Å². The molecule has 1 aromatic heterocycles. The van der Waals surface area contributed by atoms with E-state index in [0.29, 0.717) is 11.6 Å². The average molecular weight is 233 g/mol. The molecule has 0 amide bonds. The molecule has 0 fully saturated rings. The highest BCUT2D eigenvalue weighted by molar-refractivity contribution is 5.91. The molecule has 3 nitrogen and oxygen atoms in total. The molecule has 0 spiro atoms. The molecule has 0 aliphatic heterocycles. The van der Waals surface area contributed by atoms with Gasteiger partial charge in [0.25, 0.3) is 0 Å². The van der Waals surface area contributed by atoms with E-state index < -0.39 is 0 Å². The van der Waals surface area contributed by atoms with Crippen LogP contribution in [-0.4, -0.2) is 12.8 Å². The molecule has 1 heterocycles. The van der Waals surface area contributed by atoms with Crippen molar-refractivity contribution in [2.45, 2.75) is 6.92 Å². The van der Waals surface area contributed by atoms with Crippen molar-refractivity contribution in [3.8, 4) is 0 Å². The maximum absolute atomic E-state index is 13.5. The molecule has 0 aliphatic carbocycles. The maximum atomic E-state index is 13.5. The predicted molar refractivity (Wildman–Crippen MR) is 63.2 cm³/mol. The molecular weight excluding hydrogens is 221 g/mol. The van der Waals surface area contributed by atoms with Crippen molar-refractivity contribution in [2.24, 2.45) is 0 Å². The number of furan rings is 1. The summed E-state index contributed by atoms with van der Waals surface area (Å²) in [5.74, 6) is 0.206. The Labute approximate surface area is 98.5 Å². The number of hydrogen-bond acceptors (Lipinski definition) is 3. The van der Waals surface area contributed by atoms with E-state index in [0.717, 1.165) is 0 Å². The first-order chi connectivity index (χ1) is 8.09. The minimum absolute atomic E-state index is 0.154.